The molecule has 3 atom stereocenters. The van der Waals surface area contributed by atoms with Gasteiger partial charge < -0.3 is 9.47 Å². The standard InChI is InChI=1S/C10H12N4O2/c1-6-8(4-11)7(13)14-10(15-2,16-3)9(6,8)5-12/h6H,1-3H3,(H2,13,14)/p+1/t6-,8+,9+/m0/s1. The molecule has 84 valence electrons. The average molecular weight is 221 g/mol. The quantitative estimate of drug-likeness (QED) is 0.527. The van der Waals surface area contributed by atoms with Crippen LogP contribution in [0.15, 0.2) is 0 Å². The van der Waals surface area contributed by atoms with E-state index in [0.29, 0.717) is 0 Å². The first-order valence-electron chi connectivity index (χ1n) is 4.87. The Morgan fingerprint density at radius 2 is 1.88 bits per heavy atom. The topological polar surface area (TPSA) is 106 Å². The van der Waals surface area contributed by atoms with Crippen LogP contribution in [0.5, 0.6) is 0 Å². The van der Waals surface area contributed by atoms with Gasteiger partial charge in [0, 0.05) is 20.1 Å². The van der Waals surface area contributed by atoms with Crippen LogP contribution >= 0.6 is 0 Å². The van der Waals surface area contributed by atoms with Gasteiger partial charge in [0.15, 0.2) is 10.8 Å². The van der Waals surface area contributed by atoms with Gasteiger partial charge in [-0.15, -0.1) is 0 Å². The number of methoxy groups -OCH3 is 2. The van der Waals surface area contributed by atoms with E-state index in [1.54, 1.807) is 6.92 Å². The summed E-state index contributed by atoms with van der Waals surface area (Å²) in [7, 11) is 2.84. The smallest absolute Gasteiger partial charge is 0.317 e. The second-order valence-electron chi connectivity index (χ2n) is 4.12. The van der Waals surface area contributed by atoms with E-state index >= 15 is 0 Å². The zero-order valence-corrected chi connectivity index (χ0v) is 9.37. The van der Waals surface area contributed by atoms with E-state index in [1.807, 2.05) is 0 Å². The van der Waals surface area contributed by atoms with Crippen molar-refractivity contribution in [3.8, 4) is 12.1 Å². The molecule has 0 aromatic carbocycles. The zero-order valence-electron chi connectivity index (χ0n) is 9.37. The van der Waals surface area contributed by atoms with Crippen LogP contribution in [0, 0.1) is 39.4 Å². The van der Waals surface area contributed by atoms with E-state index in [9.17, 15) is 10.5 Å². The van der Waals surface area contributed by atoms with E-state index in [-0.39, 0.29) is 11.8 Å². The first-order chi connectivity index (χ1) is 7.53. The van der Waals surface area contributed by atoms with Crippen molar-refractivity contribution in [2.75, 3.05) is 14.2 Å². The third-order valence-electron chi connectivity index (χ3n) is 4.01. The molecule has 1 aliphatic carbocycles. The summed E-state index contributed by atoms with van der Waals surface area (Å²) in [4.78, 5) is 2.79. The van der Waals surface area contributed by atoms with Gasteiger partial charge >= 0.3 is 5.91 Å². The molecule has 0 aromatic heterocycles. The second-order valence-corrected chi connectivity index (χ2v) is 4.12. The molecule has 3 N–H and O–H groups in total. The van der Waals surface area contributed by atoms with Crippen molar-refractivity contribution in [2.45, 2.75) is 12.8 Å². The fourth-order valence-electron chi connectivity index (χ4n) is 3.04. The number of rotatable bonds is 2. The second kappa shape index (κ2) is 2.73. The Kier molecular flexibility index (Phi) is 1.86. The van der Waals surface area contributed by atoms with Gasteiger partial charge in [0.2, 0.25) is 0 Å². The molecule has 0 radical (unpaired) electrons. The number of hydrogen-bond donors (Lipinski definition) is 2. The van der Waals surface area contributed by atoms with Crippen molar-refractivity contribution in [3.63, 3.8) is 0 Å². The Labute approximate surface area is 93.3 Å². The molecule has 1 fully saturated rings. The maximum Gasteiger partial charge on any atom is 0.342 e. The Balaban J connectivity index is 2.67. The van der Waals surface area contributed by atoms with Crippen molar-refractivity contribution < 1.29 is 14.5 Å². The van der Waals surface area contributed by atoms with Crippen molar-refractivity contribution >= 4 is 5.84 Å². The lowest BCUT2D eigenvalue weighted by atomic mass is 9.94. The Hall–Kier alpha value is -1.63. The lowest BCUT2D eigenvalue weighted by Crippen LogP contribution is -2.90. The number of nitrogens with one attached hydrogen (secondary N) is 1. The average Bonchev–Trinajstić information content (AvgIpc) is 2.77. The maximum absolute atomic E-state index is 9.38. The molecule has 0 unspecified atom stereocenters. The molecule has 0 amide bonds. The number of nitrogens with two attached hydrogens (primary N) is 1. The summed E-state index contributed by atoms with van der Waals surface area (Å²) >= 11 is 0. The van der Waals surface area contributed by atoms with Crippen LogP contribution in [0.2, 0.25) is 0 Å². The predicted molar refractivity (Wildman–Crippen MR) is 52.2 cm³/mol. The molecule has 0 aromatic rings. The largest absolute Gasteiger partial charge is 0.342 e. The number of hydrogen-bond acceptors (Lipinski definition) is 5. The van der Waals surface area contributed by atoms with Gasteiger partial charge in [0.25, 0.3) is 5.84 Å². The minimum absolute atomic E-state index is 0.226. The monoisotopic (exact) mass is 221 g/mol. The van der Waals surface area contributed by atoms with Gasteiger partial charge in [0.1, 0.15) is 0 Å². The molecule has 6 nitrogen and oxygen atoms in total. The summed E-state index contributed by atoms with van der Waals surface area (Å²) in [6.07, 6.45) is 0. The van der Waals surface area contributed by atoms with Crippen LogP contribution in [-0.2, 0) is 9.47 Å². The molecule has 0 bridgehead atoms. The number of nitriles is 2. The van der Waals surface area contributed by atoms with Gasteiger partial charge in [-0.05, 0) is 0 Å². The van der Waals surface area contributed by atoms with E-state index in [4.69, 9.17) is 15.2 Å². The van der Waals surface area contributed by atoms with Crippen LogP contribution in [0.4, 0.5) is 0 Å². The molecule has 1 saturated carbocycles. The third-order valence-corrected chi connectivity index (χ3v) is 4.01. The maximum atomic E-state index is 9.38. The summed E-state index contributed by atoms with van der Waals surface area (Å²) < 4.78 is 10.5. The van der Waals surface area contributed by atoms with Gasteiger partial charge in [-0.25, -0.2) is 4.99 Å². The Morgan fingerprint density at radius 1 is 1.31 bits per heavy atom. The van der Waals surface area contributed by atoms with Crippen LogP contribution in [0.25, 0.3) is 0 Å². The first kappa shape index (κ1) is 10.9. The van der Waals surface area contributed by atoms with Crippen molar-refractivity contribution in [1.29, 1.82) is 10.5 Å². The molecule has 0 spiro atoms. The van der Waals surface area contributed by atoms with Crippen LogP contribution in [0.3, 0.4) is 0 Å². The number of ether oxygens (including phenoxy) is 2. The highest BCUT2D eigenvalue weighted by Crippen LogP contribution is 2.73. The third kappa shape index (κ3) is 0.656. The highest BCUT2D eigenvalue weighted by molar-refractivity contribution is 5.93. The predicted octanol–water partition coefficient (Wildman–Crippen LogP) is -1.95. The zero-order chi connectivity index (χ0) is 12.2. The summed E-state index contributed by atoms with van der Waals surface area (Å²) in [5.41, 5.74) is 3.71. The molecule has 1 aliphatic heterocycles. The van der Waals surface area contributed by atoms with Crippen LogP contribution in [-0.4, -0.2) is 26.0 Å². The van der Waals surface area contributed by atoms with Crippen molar-refractivity contribution in [3.05, 3.63) is 0 Å². The van der Waals surface area contributed by atoms with Crippen LogP contribution in [0.1, 0.15) is 6.92 Å². The minimum atomic E-state index is -1.33. The van der Waals surface area contributed by atoms with E-state index in [2.05, 4.69) is 17.1 Å². The SMILES string of the molecule is COC1(OC)[NH+]=C(N)[C@@]2(C#N)[C@H](C)[C@@]12C#N. The number of fused-ring (bicyclic) bond motifs is 1. The molecule has 0 saturated heterocycles. The highest BCUT2D eigenvalue weighted by Gasteiger charge is 2.95. The van der Waals surface area contributed by atoms with Gasteiger partial charge in [0.05, 0.1) is 12.1 Å². The number of amidine groups is 1. The van der Waals surface area contributed by atoms with Crippen molar-refractivity contribution in [1.82, 2.24) is 0 Å². The Morgan fingerprint density at radius 3 is 2.19 bits per heavy atom. The van der Waals surface area contributed by atoms with Gasteiger partial charge in [-0.1, -0.05) is 6.92 Å². The number of nitrogens with zero attached hydrogens (tertiary/aromatic N) is 2. The summed E-state index contributed by atoms with van der Waals surface area (Å²) in [6.45, 7) is 1.80. The highest BCUT2D eigenvalue weighted by atomic mass is 16.7. The lowest BCUT2D eigenvalue weighted by molar-refractivity contribution is -0.688. The summed E-state index contributed by atoms with van der Waals surface area (Å²) in [6, 6.07) is 4.27. The van der Waals surface area contributed by atoms with Gasteiger partial charge in [-0.2, -0.15) is 10.5 Å². The van der Waals surface area contributed by atoms with E-state index in [0.717, 1.165) is 0 Å². The lowest BCUT2D eigenvalue weighted by Gasteiger charge is -2.26. The fraction of sp³-hybridized carbons (Fsp3) is 0.700. The van der Waals surface area contributed by atoms with E-state index in [1.165, 1.54) is 14.2 Å². The molecular weight excluding hydrogens is 208 g/mol. The Bertz CT molecular complexity index is 456. The molecular formula is C10H13N4O2+. The summed E-state index contributed by atoms with van der Waals surface area (Å²) in [5, 5.41) is 18.7. The first-order valence-corrected chi connectivity index (χ1v) is 4.87. The minimum Gasteiger partial charge on any atom is -0.317 e. The van der Waals surface area contributed by atoms with Crippen LogP contribution < -0.4 is 10.7 Å². The molecule has 2 rings (SSSR count). The normalized spacial score (nSPS) is 42.8. The van der Waals surface area contributed by atoms with Crippen molar-refractivity contribution in [2.24, 2.45) is 22.5 Å². The summed E-state index contributed by atoms with van der Waals surface area (Å²) in [5.74, 6) is -1.31. The molecule has 6 heteroatoms. The van der Waals surface area contributed by atoms with E-state index < -0.39 is 16.7 Å². The molecule has 2 aliphatic rings. The molecule has 1 heterocycles. The molecule has 16 heavy (non-hydrogen) atoms. The fourth-order valence-corrected chi connectivity index (χ4v) is 3.04. The van der Waals surface area contributed by atoms with Gasteiger partial charge in [-0.3, -0.25) is 5.73 Å².